The molecule has 0 unspecified atom stereocenters. The Bertz CT molecular complexity index is 1360. The van der Waals surface area contributed by atoms with Gasteiger partial charge in [-0.05, 0) is 37.6 Å². The second-order valence-corrected chi connectivity index (χ2v) is 11.0. The number of para-hydroxylation sites is 2. The molecule has 0 saturated carbocycles. The van der Waals surface area contributed by atoms with Crippen molar-refractivity contribution in [2.45, 2.75) is 38.0 Å². The Kier molecular flexibility index (Phi) is 7.92. The van der Waals surface area contributed by atoms with Gasteiger partial charge in [-0.15, -0.1) is 0 Å². The topological polar surface area (TPSA) is 120 Å². The van der Waals surface area contributed by atoms with Crippen LogP contribution in [0.4, 0.5) is 4.39 Å². The molecule has 3 aromatic rings. The highest BCUT2D eigenvalue weighted by molar-refractivity contribution is 7.54. The fourth-order valence-corrected chi connectivity index (χ4v) is 5.84. The highest BCUT2D eigenvalue weighted by atomic mass is 35.5. The molecule has 2 N–H and O–H groups in total. The molecular weight excluding hydrogens is 537 g/mol. The van der Waals surface area contributed by atoms with Gasteiger partial charge in [0.1, 0.15) is 17.6 Å². The zero-order chi connectivity index (χ0) is 26.0. The Hall–Kier alpha value is -2.62. The molecule has 0 radical (unpaired) electrons. The Morgan fingerprint density at radius 2 is 1.64 bits per heavy atom. The highest BCUT2D eigenvalue weighted by Crippen LogP contribution is 2.52. The number of halogens is 3. The number of rotatable bonds is 8. The average molecular weight is 559 g/mol. The van der Waals surface area contributed by atoms with Crippen molar-refractivity contribution >= 4 is 30.8 Å². The Morgan fingerprint density at radius 3 is 2.19 bits per heavy atom. The molecule has 1 aliphatic rings. The number of benzene rings is 2. The number of hydrogen-bond acceptors (Lipinski definition) is 7. The monoisotopic (exact) mass is 558 g/mol. The lowest BCUT2D eigenvalue weighted by molar-refractivity contribution is -0.0281. The van der Waals surface area contributed by atoms with Crippen molar-refractivity contribution in [3.63, 3.8) is 0 Å². The maximum absolute atomic E-state index is 15.0. The van der Waals surface area contributed by atoms with E-state index < -0.39 is 43.5 Å². The molecule has 1 fully saturated rings. The summed E-state index contributed by atoms with van der Waals surface area (Å²) in [6.45, 7) is 1.44. The molecule has 4 atom stereocenters. The van der Waals surface area contributed by atoms with Gasteiger partial charge < -0.3 is 18.9 Å². The second kappa shape index (κ2) is 10.8. The standard InChI is InChI=1S/C23H22Cl2FN2O7P/c1-13-12-28(23(31)27-21(13)30)22-19(26)20(29)18(33-22)10-11-36(32,34-16-8-4-2-6-14(16)24)35-17-9-5-3-7-15(17)25/h2-9,12,18-20,22,29H,10-11H2,1H3,(H,27,30,31)/t18-,19-,20-,22-/m1/s1. The summed E-state index contributed by atoms with van der Waals surface area (Å²) in [7, 11) is -4.03. The molecule has 1 aliphatic heterocycles. The van der Waals surface area contributed by atoms with Crippen LogP contribution in [0, 0.1) is 6.92 Å². The highest BCUT2D eigenvalue weighted by Gasteiger charge is 2.46. The van der Waals surface area contributed by atoms with E-state index in [1.54, 1.807) is 36.4 Å². The van der Waals surface area contributed by atoms with Crippen molar-refractivity contribution in [1.82, 2.24) is 9.55 Å². The van der Waals surface area contributed by atoms with Gasteiger partial charge in [0.25, 0.3) is 5.56 Å². The van der Waals surface area contributed by atoms with E-state index in [1.807, 2.05) is 0 Å². The number of nitrogens with one attached hydrogen (secondary N) is 1. The number of alkyl halides is 1. The predicted molar refractivity (Wildman–Crippen MR) is 132 cm³/mol. The van der Waals surface area contributed by atoms with Crippen molar-refractivity contribution in [2.24, 2.45) is 0 Å². The molecule has 4 rings (SSSR count). The lowest BCUT2D eigenvalue weighted by Gasteiger charge is -2.23. The van der Waals surface area contributed by atoms with Gasteiger partial charge >= 0.3 is 13.3 Å². The van der Waals surface area contributed by atoms with Crippen LogP contribution in [0.5, 0.6) is 11.5 Å². The summed E-state index contributed by atoms with van der Waals surface area (Å²) in [5, 5.41) is 10.8. The van der Waals surface area contributed by atoms with E-state index in [0.29, 0.717) is 0 Å². The molecule has 1 aromatic heterocycles. The van der Waals surface area contributed by atoms with E-state index in [1.165, 1.54) is 19.1 Å². The van der Waals surface area contributed by atoms with Crippen LogP contribution in [0.15, 0.2) is 64.3 Å². The predicted octanol–water partition coefficient (Wildman–Crippen LogP) is 4.49. The first-order chi connectivity index (χ1) is 17.1. The maximum Gasteiger partial charge on any atom is 0.430 e. The third kappa shape index (κ3) is 5.68. The van der Waals surface area contributed by atoms with E-state index in [4.69, 9.17) is 37.0 Å². The van der Waals surface area contributed by atoms with Crippen LogP contribution in [-0.4, -0.2) is 39.2 Å². The van der Waals surface area contributed by atoms with E-state index in [-0.39, 0.29) is 39.7 Å². The largest absolute Gasteiger partial charge is 0.430 e. The van der Waals surface area contributed by atoms with Gasteiger partial charge in [-0.25, -0.2) is 13.8 Å². The summed E-state index contributed by atoms with van der Waals surface area (Å²) < 4.78 is 46.6. The van der Waals surface area contributed by atoms with Gasteiger partial charge in [0, 0.05) is 11.8 Å². The van der Waals surface area contributed by atoms with Crippen molar-refractivity contribution in [2.75, 3.05) is 6.16 Å². The third-order valence-electron chi connectivity index (χ3n) is 5.55. The van der Waals surface area contributed by atoms with Crippen LogP contribution in [0.3, 0.4) is 0 Å². The van der Waals surface area contributed by atoms with Crippen LogP contribution < -0.4 is 20.3 Å². The summed E-state index contributed by atoms with van der Waals surface area (Å²) in [4.78, 5) is 25.9. The normalized spacial score (nSPS) is 21.9. The zero-order valence-corrected chi connectivity index (χ0v) is 21.3. The minimum atomic E-state index is -4.03. The number of aryl methyl sites for hydroxylation is 1. The minimum absolute atomic E-state index is 0.0963. The number of aromatic amines is 1. The quantitative estimate of drug-likeness (QED) is 0.391. The number of aromatic nitrogens is 2. The minimum Gasteiger partial charge on any atom is -0.414 e. The lowest BCUT2D eigenvalue weighted by Crippen LogP contribution is -2.36. The molecule has 0 spiro atoms. The molecule has 192 valence electrons. The number of ether oxygens (including phenoxy) is 1. The first-order valence-electron chi connectivity index (χ1n) is 10.8. The maximum atomic E-state index is 15.0. The smallest absolute Gasteiger partial charge is 0.414 e. The van der Waals surface area contributed by atoms with Gasteiger partial charge in [0.2, 0.25) is 0 Å². The fourth-order valence-electron chi connectivity index (χ4n) is 3.67. The first-order valence-corrected chi connectivity index (χ1v) is 13.3. The first kappa shape index (κ1) is 26.4. The van der Waals surface area contributed by atoms with Crippen molar-refractivity contribution in [3.8, 4) is 11.5 Å². The molecule has 0 amide bonds. The number of nitrogens with zero attached hydrogens (tertiary/aromatic N) is 1. The SMILES string of the molecule is Cc1cn([C@@H]2O[C@H](CCP(=O)(Oc3ccccc3Cl)Oc3ccccc3Cl)[C@@H](O)[C@H]2F)c(=O)[nH]c1=O. The molecule has 2 aromatic carbocycles. The molecule has 2 heterocycles. The Morgan fingerprint density at radius 1 is 1.08 bits per heavy atom. The van der Waals surface area contributed by atoms with E-state index in [2.05, 4.69) is 4.98 Å². The van der Waals surface area contributed by atoms with Crippen molar-refractivity contribution in [3.05, 3.63) is 91.2 Å². The van der Waals surface area contributed by atoms with E-state index in [0.717, 1.165) is 10.8 Å². The summed E-state index contributed by atoms with van der Waals surface area (Å²) in [6, 6.07) is 12.7. The van der Waals surface area contributed by atoms with E-state index >= 15 is 0 Å². The van der Waals surface area contributed by atoms with Gasteiger partial charge in [-0.2, -0.15) is 0 Å². The van der Waals surface area contributed by atoms with Gasteiger partial charge in [-0.3, -0.25) is 14.3 Å². The van der Waals surface area contributed by atoms with Crippen LogP contribution in [-0.2, 0) is 9.30 Å². The molecule has 36 heavy (non-hydrogen) atoms. The van der Waals surface area contributed by atoms with Crippen LogP contribution >= 0.6 is 30.8 Å². The Balaban J connectivity index is 1.57. The van der Waals surface area contributed by atoms with Gasteiger partial charge in [0.05, 0.1) is 22.3 Å². The number of aliphatic hydroxyl groups excluding tert-OH is 1. The van der Waals surface area contributed by atoms with E-state index in [9.17, 15) is 23.7 Å². The number of hydrogen-bond donors (Lipinski definition) is 2. The summed E-state index contributed by atoms with van der Waals surface area (Å²) >= 11 is 12.3. The molecule has 9 nitrogen and oxygen atoms in total. The second-order valence-electron chi connectivity index (χ2n) is 8.15. The molecule has 0 bridgehead atoms. The Labute approximate surface area is 214 Å². The van der Waals surface area contributed by atoms with Gasteiger partial charge in [-0.1, -0.05) is 47.5 Å². The van der Waals surface area contributed by atoms with Crippen LogP contribution in [0.2, 0.25) is 10.0 Å². The average Bonchev–Trinajstić information content (AvgIpc) is 3.12. The summed E-state index contributed by atoms with van der Waals surface area (Å²) in [5.41, 5.74) is -1.34. The number of H-pyrrole nitrogens is 1. The van der Waals surface area contributed by atoms with Crippen LogP contribution in [0.25, 0.3) is 0 Å². The molecule has 0 aliphatic carbocycles. The zero-order valence-electron chi connectivity index (χ0n) is 18.8. The van der Waals surface area contributed by atoms with Crippen molar-refractivity contribution in [1.29, 1.82) is 0 Å². The summed E-state index contributed by atoms with van der Waals surface area (Å²) in [6.07, 6.45) is -5.64. The third-order valence-corrected chi connectivity index (χ3v) is 7.93. The van der Waals surface area contributed by atoms with Crippen LogP contribution in [0.1, 0.15) is 18.2 Å². The van der Waals surface area contributed by atoms with Crippen molar-refractivity contribution < 1.29 is 27.8 Å². The fraction of sp³-hybridized carbons (Fsp3) is 0.304. The summed E-state index contributed by atoms with van der Waals surface area (Å²) in [5.74, 6) is 0.193. The lowest BCUT2D eigenvalue weighted by atomic mass is 10.1. The molecule has 1 saturated heterocycles. The molecular formula is C23H22Cl2FN2O7P. The molecule has 13 heteroatoms. The number of aliphatic hydroxyl groups is 1. The van der Waals surface area contributed by atoms with Gasteiger partial charge in [0.15, 0.2) is 12.4 Å².